The Morgan fingerprint density at radius 2 is 2.12 bits per heavy atom. The standard InChI is InChI=1S/C6H12N2/c1-5(2)3-6(8)4-7/h5-6H,3,8H2,1-2H3/t6-/m0/s1. The summed E-state index contributed by atoms with van der Waals surface area (Å²) in [4.78, 5) is 0. The lowest BCUT2D eigenvalue weighted by atomic mass is 10.1. The van der Waals surface area contributed by atoms with Crippen LogP contribution in [0.15, 0.2) is 0 Å². The van der Waals surface area contributed by atoms with Crippen LogP contribution >= 0.6 is 0 Å². The van der Waals surface area contributed by atoms with E-state index < -0.39 is 0 Å². The van der Waals surface area contributed by atoms with E-state index in [9.17, 15) is 0 Å². The average molecular weight is 112 g/mol. The molecule has 0 saturated heterocycles. The minimum absolute atomic E-state index is 0.269. The molecule has 0 heterocycles. The molecule has 0 aromatic rings. The van der Waals surface area contributed by atoms with Gasteiger partial charge >= 0.3 is 0 Å². The summed E-state index contributed by atoms with van der Waals surface area (Å²) in [5, 5.41) is 8.21. The second-order valence-corrected chi connectivity index (χ2v) is 2.37. The molecule has 0 rings (SSSR count). The van der Waals surface area contributed by atoms with E-state index in [1.165, 1.54) is 0 Å². The Balaban J connectivity index is 3.28. The van der Waals surface area contributed by atoms with Gasteiger partial charge in [0.05, 0.1) is 12.1 Å². The second-order valence-electron chi connectivity index (χ2n) is 2.37. The van der Waals surface area contributed by atoms with Gasteiger partial charge in [-0.15, -0.1) is 0 Å². The number of nitrogens with zero attached hydrogens (tertiary/aromatic N) is 1. The minimum Gasteiger partial charge on any atom is -0.316 e. The van der Waals surface area contributed by atoms with Crippen molar-refractivity contribution in [2.24, 2.45) is 11.7 Å². The Labute approximate surface area is 50.3 Å². The normalized spacial score (nSPS) is 13.4. The van der Waals surface area contributed by atoms with Crippen molar-refractivity contribution < 1.29 is 0 Å². The minimum atomic E-state index is -0.269. The number of hydrogen-bond acceptors (Lipinski definition) is 2. The highest BCUT2D eigenvalue weighted by molar-refractivity contribution is 4.86. The highest BCUT2D eigenvalue weighted by Crippen LogP contribution is 2.00. The summed E-state index contributed by atoms with van der Waals surface area (Å²) in [6.45, 7) is 4.11. The molecule has 0 spiro atoms. The largest absolute Gasteiger partial charge is 0.316 e. The van der Waals surface area contributed by atoms with Gasteiger partial charge in [-0.1, -0.05) is 13.8 Å². The quantitative estimate of drug-likeness (QED) is 0.576. The van der Waals surface area contributed by atoms with E-state index in [0.717, 1.165) is 6.42 Å². The van der Waals surface area contributed by atoms with Crippen LogP contribution in [0, 0.1) is 17.2 Å². The van der Waals surface area contributed by atoms with Crippen molar-refractivity contribution in [1.82, 2.24) is 0 Å². The van der Waals surface area contributed by atoms with Crippen LogP contribution in [0.5, 0.6) is 0 Å². The molecule has 0 aromatic heterocycles. The van der Waals surface area contributed by atoms with Crippen molar-refractivity contribution in [3.05, 3.63) is 0 Å². The Morgan fingerprint density at radius 1 is 1.62 bits per heavy atom. The molecule has 0 aliphatic rings. The van der Waals surface area contributed by atoms with Crippen molar-refractivity contribution in [1.29, 1.82) is 5.26 Å². The summed E-state index contributed by atoms with van der Waals surface area (Å²) >= 11 is 0. The number of rotatable bonds is 2. The molecule has 0 aliphatic carbocycles. The predicted molar refractivity (Wildman–Crippen MR) is 33.0 cm³/mol. The third kappa shape index (κ3) is 3.63. The van der Waals surface area contributed by atoms with Crippen LogP contribution in [0.1, 0.15) is 20.3 Å². The summed E-state index contributed by atoms with van der Waals surface area (Å²) < 4.78 is 0. The first-order chi connectivity index (χ1) is 3.66. The molecule has 8 heavy (non-hydrogen) atoms. The topological polar surface area (TPSA) is 49.8 Å². The second kappa shape index (κ2) is 3.45. The van der Waals surface area contributed by atoms with Crippen molar-refractivity contribution in [3.63, 3.8) is 0 Å². The first kappa shape index (κ1) is 7.45. The zero-order valence-electron chi connectivity index (χ0n) is 5.39. The fourth-order valence-electron chi connectivity index (χ4n) is 0.561. The lowest BCUT2D eigenvalue weighted by Crippen LogP contribution is -2.19. The lowest BCUT2D eigenvalue weighted by Gasteiger charge is -2.03. The SMILES string of the molecule is CC(C)C[C@H](N)C#N. The van der Waals surface area contributed by atoms with Gasteiger partial charge in [-0.05, 0) is 12.3 Å². The van der Waals surface area contributed by atoms with E-state index in [-0.39, 0.29) is 6.04 Å². The van der Waals surface area contributed by atoms with Crippen LogP contribution in [0.3, 0.4) is 0 Å². The van der Waals surface area contributed by atoms with Crippen molar-refractivity contribution >= 4 is 0 Å². The first-order valence-corrected chi connectivity index (χ1v) is 2.82. The van der Waals surface area contributed by atoms with Gasteiger partial charge in [-0.25, -0.2) is 0 Å². The first-order valence-electron chi connectivity index (χ1n) is 2.82. The monoisotopic (exact) mass is 112 g/mol. The van der Waals surface area contributed by atoms with E-state index in [0.29, 0.717) is 5.92 Å². The predicted octanol–water partition coefficient (Wildman–Crippen LogP) is 0.883. The molecular formula is C6H12N2. The maximum absolute atomic E-state index is 8.21. The molecule has 0 radical (unpaired) electrons. The lowest BCUT2D eigenvalue weighted by molar-refractivity contribution is 0.551. The maximum atomic E-state index is 8.21. The van der Waals surface area contributed by atoms with Gasteiger partial charge in [0.2, 0.25) is 0 Å². The molecule has 2 nitrogen and oxygen atoms in total. The van der Waals surface area contributed by atoms with Gasteiger partial charge in [-0.2, -0.15) is 5.26 Å². The summed E-state index contributed by atoms with van der Waals surface area (Å²) in [5.41, 5.74) is 5.31. The van der Waals surface area contributed by atoms with Gasteiger partial charge in [0.25, 0.3) is 0 Å². The van der Waals surface area contributed by atoms with Gasteiger partial charge in [0.15, 0.2) is 0 Å². The van der Waals surface area contributed by atoms with Crippen molar-refractivity contribution in [3.8, 4) is 6.07 Å². The molecule has 0 aromatic carbocycles. The Hall–Kier alpha value is -0.550. The Morgan fingerprint density at radius 3 is 2.25 bits per heavy atom. The average Bonchev–Trinajstić information content (AvgIpc) is 1.65. The zero-order chi connectivity index (χ0) is 6.57. The summed E-state index contributed by atoms with van der Waals surface area (Å²) in [5.74, 6) is 0.532. The Kier molecular flexibility index (Phi) is 3.21. The highest BCUT2D eigenvalue weighted by atomic mass is 14.6. The number of hydrogen-bond donors (Lipinski definition) is 1. The molecular weight excluding hydrogens is 100 g/mol. The molecule has 46 valence electrons. The summed E-state index contributed by atoms with van der Waals surface area (Å²) in [6.07, 6.45) is 0.802. The molecule has 0 amide bonds. The highest BCUT2D eigenvalue weighted by Gasteiger charge is 2.01. The molecule has 1 atom stereocenters. The van der Waals surface area contributed by atoms with Gasteiger partial charge in [-0.3, -0.25) is 0 Å². The molecule has 2 N–H and O–H groups in total. The van der Waals surface area contributed by atoms with Gasteiger partial charge in [0, 0.05) is 0 Å². The summed E-state index contributed by atoms with van der Waals surface area (Å²) in [7, 11) is 0. The molecule has 0 saturated carbocycles. The van der Waals surface area contributed by atoms with Crippen LogP contribution in [-0.2, 0) is 0 Å². The number of nitrogens with two attached hydrogens (primary N) is 1. The van der Waals surface area contributed by atoms with E-state index in [2.05, 4.69) is 13.8 Å². The fourth-order valence-corrected chi connectivity index (χ4v) is 0.561. The van der Waals surface area contributed by atoms with E-state index in [4.69, 9.17) is 11.0 Å². The van der Waals surface area contributed by atoms with Crippen LogP contribution < -0.4 is 5.73 Å². The van der Waals surface area contributed by atoms with Crippen LogP contribution in [-0.4, -0.2) is 6.04 Å². The van der Waals surface area contributed by atoms with Gasteiger partial charge < -0.3 is 5.73 Å². The zero-order valence-corrected chi connectivity index (χ0v) is 5.39. The van der Waals surface area contributed by atoms with Crippen molar-refractivity contribution in [2.45, 2.75) is 26.3 Å². The molecule has 0 unspecified atom stereocenters. The molecule has 0 fully saturated rings. The van der Waals surface area contributed by atoms with Crippen LogP contribution in [0.25, 0.3) is 0 Å². The number of nitriles is 1. The van der Waals surface area contributed by atoms with Crippen LogP contribution in [0.4, 0.5) is 0 Å². The molecule has 0 aliphatic heterocycles. The smallest absolute Gasteiger partial charge is 0.0930 e. The third-order valence-corrected chi connectivity index (χ3v) is 0.891. The van der Waals surface area contributed by atoms with Gasteiger partial charge in [0.1, 0.15) is 0 Å². The van der Waals surface area contributed by atoms with Crippen molar-refractivity contribution in [2.75, 3.05) is 0 Å². The Bertz CT molecular complexity index is 91.2. The van der Waals surface area contributed by atoms with Crippen LogP contribution in [0.2, 0.25) is 0 Å². The third-order valence-electron chi connectivity index (χ3n) is 0.891. The van der Waals surface area contributed by atoms with E-state index in [1.54, 1.807) is 0 Å². The summed E-state index contributed by atoms with van der Waals surface area (Å²) in [6, 6.07) is 1.71. The molecule has 2 heteroatoms. The van der Waals surface area contributed by atoms with E-state index in [1.807, 2.05) is 6.07 Å². The maximum Gasteiger partial charge on any atom is 0.0930 e. The fraction of sp³-hybridized carbons (Fsp3) is 0.833. The van der Waals surface area contributed by atoms with E-state index >= 15 is 0 Å². The molecule has 0 bridgehead atoms.